The number of hydrogen-bond acceptors (Lipinski definition) is 3. The van der Waals surface area contributed by atoms with Crippen LogP contribution in [0.4, 0.5) is 18.9 Å². The lowest BCUT2D eigenvalue weighted by molar-refractivity contribution is -0.137. The third-order valence-corrected chi connectivity index (χ3v) is 2.91. The number of anilines is 1. The number of halogens is 3. The van der Waals surface area contributed by atoms with Gasteiger partial charge in [0, 0.05) is 23.2 Å². The Morgan fingerprint density at radius 3 is 2.29 bits per heavy atom. The molecule has 21 heavy (non-hydrogen) atoms. The van der Waals surface area contributed by atoms with Gasteiger partial charge in [0.1, 0.15) is 4.99 Å². The van der Waals surface area contributed by atoms with Gasteiger partial charge < -0.3 is 16.8 Å². The second-order valence-corrected chi connectivity index (χ2v) is 5.71. The lowest BCUT2D eigenvalue weighted by Gasteiger charge is -2.27. The van der Waals surface area contributed by atoms with Gasteiger partial charge in [-0.15, -0.1) is 0 Å². The van der Waals surface area contributed by atoms with Crippen molar-refractivity contribution in [2.45, 2.75) is 32.0 Å². The number of carbonyl (C=O) groups excluding carboxylic acids is 1. The van der Waals surface area contributed by atoms with E-state index in [0.717, 1.165) is 6.07 Å². The van der Waals surface area contributed by atoms with Crippen molar-refractivity contribution in [3.8, 4) is 0 Å². The topological polar surface area (TPSA) is 81.1 Å². The van der Waals surface area contributed by atoms with Crippen molar-refractivity contribution >= 4 is 28.8 Å². The van der Waals surface area contributed by atoms with E-state index in [2.05, 4.69) is 17.5 Å². The highest BCUT2D eigenvalue weighted by Gasteiger charge is 2.34. The van der Waals surface area contributed by atoms with Gasteiger partial charge in [-0.2, -0.15) is 13.2 Å². The molecule has 0 saturated heterocycles. The summed E-state index contributed by atoms with van der Waals surface area (Å²) in [5.74, 6) is -0.552. The standard InChI is InChI=1S/C13H16F3N3OS/c1-12(2,6-10(17)20)19-7-3-4-8(11(18)21)9(5-7)13(14,15)16/h3-5,19H,6H2,1-2H3,(H2,17,20)(H2,18,21). The number of nitrogens with two attached hydrogens (primary N) is 2. The summed E-state index contributed by atoms with van der Waals surface area (Å²) in [5.41, 5.74) is 8.67. The molecule has 0 unspecified atom stereocenters. The zero-order valence-electron chi connectivity index (χ0n) is 11.5. The zero-order chi connectivity index (χ0) is 16.4. The number of rotatable bonds is 5. The minimum atomic E-state index is -4.58. The van der Waals surface area contributed by atoms with Crippen LogP contribution in [0, 0.1) is 0 Å². The SMILES string of the molecule is CC(C)(CC(N)=O)Nc1ccc(C(N)=S)c(C(F)(F)F)c1. The van der Waals surface area contributed by atoms with Crippen LogP contribution in [0.1, 0.15) is 31.4 Å². The van der Waals surface area contributed by atoms with Gasteiger partial charge in [-0.1, -0.05) is 12.2 Å². The molecule has 0 radical (unpaired) electrons. The van der Waals surface area contributed by atoms with E-state index in [0.29, 0.717) is 0 Å². The molecule has 5 N–H and O–H groups in total. The second kappa shape index (κ2) is 5.88. The molecule has 1 amide bonds. The first-order valence-corrected chi connectivity index (χ1v) is 6.41. The lowest BCUT2D eigenvalue weighted by atomic mass is 9.98. The van der Waals surface area contributed by atoms with Crippen molar-refractivity contribution in [3.05, 3.63) is 29.3 Å². The maximum absolute atomic E-state index is 13.0. The molecular formula is C13H16F3N3OS. The second-order valence-electron chi connectivity index (χ2n) is 5.27. The molecule has 8 heteroatoms. The fourth-order valence-electron chi connectivity index (χ4n) is 1.94. The number of thiocarbonyl (C=S) groups is 1. The van der Waals surface area contributed by atoms with Gasteiger partial charge in [-0.25, -0.2) is 0 Å². The molecule has 4 nitrogen and oxygen atoms in total. The van der Waals surface area contributed by atoms with E-state index in [9.17, 15) is 18.0 Å². The van der Waals surface area contributed by atoms with Gasteiger partial charge in [-0.05, 0) is 32.0 Å². The van der Waals surface area contributed by atoms with Gasteiger partial charge in [0.05, 0.1) is 5.56 Å². The number of hydrogen-bond donors (Lipinski definition) is 3. The molecule has 0 aromatic heterocycles. The summed E-state index contributed by atoms with van der Waals surface area (Å²) < 4.78 is 39.0. The van der Waals surface area contributed by atoms with E-state index >= 15 is 0 Å². The van der Waals surface area contributed by atoms with Gasteiger partial charge in [0.2, 0.25) is 5.91 Å². The third-order valence-electron chi connectivity index (χ3n) is 2.69. The highest BCUT2D eigenvalue weighted by molar-refractivity contribution is 7.80. The molecule has 116 valence electrons. The Morgan fingerprint density at radius 2 is 1.86 bits per heavy atom. The minimum absolute atomic E-state index is 0.0224. The summed E-state index contributed by atoms with van der Waals surface area (Å²) >= 11 is 4.62. The number of primary amides is 1. The predicted molar refractivity (Wildman–Crippen MR) is 78.8 cm³/mol. The molecule has 0 aliphatic carbocycles. The summed E-state index contributed by atoms with van der Waals surface area (Å²) in [5, 5.41) is 2.84. The van der Waals surface area contributed by atoms with Crippen LogP contribution >= 0.6 is 12.2 Å². The quantitative estimate of drug-likeness (QED) is 0.728. The van der Waals surface area contributed by atoms with Crippen LogP contribution in [0.2, 0.25) is 0 Å². The van der Waals surface area contributed by atoms with Gasteiger partial charge in [-0.3, -0.25) is 4.79 Å². The molecule has 0 atom stereocenters. The van der Waals surface area contributed by atoms with Crippen LogP contribution in [0.25, 0.3) is 0 Å². The van der Waals surface area contributed by atoms with Crippen LogP contribution in [-0.4, -0.2) is 16.4 Å². The van der Waals surface area contributed by atoms with E-state index in [1.807, 2.05) is 0 Å². The molecule has 0 heterocycles. The monoisotopic (exact) mass is 319 g/mol. The zero-order valence-corrected chi connectivity index (χ0v) is 12.4. The summed E-state index contributed by atoms with van der Waals surface area (Å²) in [6, 6.07) is 3.54. The first kappa shape index (κ1) is 17.2. The highest BCUT2D eigenvalue weighted by atomic mass is 32.1. The molecule has 1 aromatic carbocycles. The predicted octanol–water partition coefficient (Wildman–Crippen LogP) is 2.41. The van der Waals surface area contributed by atoms with Crippen LogP contribution in [0.15, 0.2) is 18.2 Å². The van der Waals surface area contributed by atoms with E-state index in [1.54, 1.807) is 13.8 Å². The average Bonchev–Trinajstić information content (AvgIpc) is 2.24. The van der Waals surface area contributed by atoms with Gasteiger partial charge in [0.25, 0.3) is 0 Å². The molecule has 0 aliphatic heterocycles. The molecule has 1 aromatic rings. The summed E-state index contributed by atoms with van der Waals surface area (Å²) in [6.07, 6.45) is -4.60. The number of alkyl halides is 3. The Hall–Kier alpha value is -1.83. The van der Waals surface area contributed by atoms with Crippen LogP contribution in [-0.2, 0) is 11.0 Å². The fraction of sp³-hybridized carbons (Fsp3) is 0.385. The van der Waals surface area contributed by atoms with Crippen molar-refractivity contribution in [2.24, 2.45) is 11.5 Å². The Balaban J connectivity index is 3.17. The van der Waals surface area contributed by atoms with E-state index in [1.165, 1.54) is 12.1 Å². The van der Waals surface area contributed by atoms with Crippen LogP contribution < -0.4 is 16.8 Å². The third kappa shape index (κ3) is 4.89. The smallest absolute Gasteiger partial charge is 0.389 e. The maximum Gasteiger partial charge on any atom is 0.417 e. The summed E-state index contributed by atoms with van der Waals surface area (Å²) in [7, 11) is 0. The van der Waals surface area contributed by atoms with Crippen LogP contribution in [0.5, 0.6) is 0 Å². The fourth-order valence-corrected chi connectivity index (χ4v) is 2.12. The number of amides is 1. The first-order chi connectivity index (χ1) is 9.42. The van der Waals surface area contributed by atoms with Crippen molar-refractivity contribution in [3.63, 3.8) is 0 Å². The summed E-state index contributed by atoms with van der Waals surface area (Å²) in [4.78, 5) is 10.6. The van der Waals surface area contributed by atoms with Crippen molar-refractivity contribution < 1.29 is 18.0 Å². The van der Waals surface area contributed by atoms with Crippen molar-refractivity contribution in [2.75, 3.05) is 5.32 Å². The molecule has 0 aliphatic rings. The molecule has 0 fully saturated rings. The lowest BCUT2D eigenvalue weighted by Crippen LogP contribution is -2.36. The molecule has 0 bridgehead atoms. The molecule has 0 spiro atoms. The highest BCUT2D eigenvalue weighted by Crippen LogP contribution is 2.34. The first-order valence-electron chi connectivity index (χ1n) is 6.00. The van der Waals surface area contributed by atoms with Gasteiger partial charge in [0.15, 0.2) is 0 Å². The Labute approximate surface area is 125 Å². The van der Waals surface area contributed by atoms with Crippen LogP contribution in [0.3, 0.4) is 0 Å². The minimum Gasteiger partial charge on any atom is -0.389 e. The molecular weight excluding hydrogens is 303 g/mol. The van der Waals surface area contributed by atoms with E-state index in [4.69, 9.17) is 11.5 Å². The number of nitrogens with one attached hydrogen (secondary N) is 1. The van der Waals surface area contributed by atoms with E-state index in [-0.39, 0.29) is 22.7 Å². The Bertz CT molecular complexity index is 570. The van der Waals surface area contributed by atoms with Crippen molar-refractivity contribution in [1.29, 1.82) is 0 Å². The number of carbonyl (C=O) groups is 1. The molecule has 0 saturated carbocycles. The Kier molecular flexibility index (Phi) is 4.83. The summed E-state index contributed by atoms with van der Waals surface area (Å²) in [6.45, 7) is 3.32. The maximum atomic E-state index is 13.0. The van der Waals surface area contributed by atoms with Gasteiger partial charge >= 0.3 is 6.18 Å². The Morgan fingerprint density at radius 1 is 1.29 bits per heavy atom. The van der Waals surface area contributed by atoms with Crippen molar-refractivity contribution in [1.82, 2.24) is 0 Å². The number of benzene rings is 1. The largest absolute Gasteiger partial charge is 0.417 e. The molecule has 1 rings (SSSR count). The normalized spacial score (nSPS) is 12.0. The average molecular weight is 319 g/mol. The van der Waals surface area contributed by atoms with E-state index < -0.39 is 23.2 Å².